The van der Waals surface area contributed by atoms with Crippen LogP contribution >= 0.6 is 0 Å². The lowest BCUT2D eigenvalue weighted by Gasteiger charge is -2.28. The number of aliphatic hydroxyl groups excluding tert-OH is 1. The Morgan fingerprint density at radius 3 is 2.29 bits per heavy atom. The first-order valence-corrected chi connectivity index (χ1v) is 6.61. The van der Waals surface area contributed by atoms with E-state index < -0.39 is 0 Å². The molecule has 0 radical (unpaired) electrons. The molecule has 2 rings (SSSR count). The smallest absolute Gasteiger partial charge is 0.0965 e. The molecule has 1 aliphatic rings. The number of halogens is 1. The molecule has 1 fully saturated rings. The second kappa shape index (κ2) is 6.15. The highest BCUT2D eigenvalue weighted by molar-refractivity contribution is 5.25. The van der Waals surface area contributed by atoms with Gasteiger partial charge in [-0.2, -0.15) is 0 Å². The molecular formula is C15H21FO. The zero-order valence-electron chi connectivity index (χ0n) is 10.2. The van der Waals surface area contributed by atoms with E-state index >= 15 is 0 Å². The molecule has 1 aliphatic carbocycles. The first-order chi connectivity index (χ1) is 8.35. The molecule has 0 aromatic heterocycles. The van der Waals surface area contributed by atoms with Gasteiger partial charge in [0, 0.05) is 5.92 Å². The number of benzene rings is 1. The lowest BCUT2D eigenvalue weighted by atomic mass is 9.77. The lowest BCUT2D eigenvalue weighted by molar-refractivity contribution is 0.263. The van der Waals surface area contributed by atoms with E-state index in [0.717, 1.165) is 24.0 Å². The van der Waals surface area contributed by atoms with Crippen molar-refractivity contribution < 1.29 is 9.50 Å². The Balaban J connectivity index is 2.10. The molecule has 2 heteroatoms. The molecule has 1 unspecified atom stereocenters. The van der Waals surface area contributed by atoms with Crippen LogP contribution < -0.4 is 0 Å². The van der Waals surface area contributed by atoms with Crippen LogP contribution in [0, 0.1) is 5.92 Å². The quantitative estimate of drug-likeness (QED) is 0.842. The van der Waals surface area contributed by atoms with Crippen LogP contribution in [0.3, 0.4) is 0 Å². The summed E-state index contributed by atoms with van der Waals surface area (Å²) in [4.78, 5) is 0. The summed E-state index contributed by atoms with van der Waals surface area (Å²) in [7, 11) is 0. The second-order valence-corrected chi connectivity index (χ2v) is 5.06. The molecule has 1 saturated carbocycles. The Kier molecular flexibility index (Phi) is 4.55. The topological polar surface area (TPSA) is 20.2 Å². The van der Waals surface area contributed by atoms with Crippen molar-refractivity contribution in [2.24, 2.45) is 5.92 Å². The van der Waals surface area contributed by atoms with Crippen LogP contribution in [-0.2, 0) is 6.61 Å². The van der Waals surface area contributed by atoms with Crippen molar-refractivity contribution in [1.82, 2.24) is 0 Å². The molecule has 0 spiro atoms. The van der Waals surface area contributed by atoms with Crippen molar-refractivity contribution in [1.29, 1.82) is 0 Å². The zero-order valence-corrected chi connectivity index (χ0v) is 10.2. The Bertz CT molecular complexity index is 327. The lowest BCUT2D eigenvalue weighted by Crippen LogP contribution is -2.18. The first-order valence-electron chi connectivity index (χ1n) is 6.61. The minimum Gasteiger partial charge on any atom is -0.392 e. The van der Waals surface area contributed by atoms with Crippen LogP contribution in [-0.4, -0.2) is 11.8 Å². The maximum absolute atomic E-state index is 13.3. The Hall–Kier alpha value is -0.890. The Morgan fingerprint density at radius 2 is 1.76 bits per heavy atom. The van der Waals surface area contributed by atoms with Gasteiger partial charge in [0.25, 0.3) is 0 Å². The van der Waals surface area contributed by atoms with Gasteiger partial charge >= 0.3 is 0 Å². The number of hydrogen-bond acceptors (Lipinski definition) is 1. The summed E-state index contributed by atoms with van der Waals surface area (Å²) in [6.45, 7) is -0.201. The van der Waals surface area contributed by atoms with Crippen LogP contribution in [0.1, 0.15) is 49.1 Å². The van der Waals surface area contributed by atoms with Crippen LogP contribution in [0.15, 0.2) is 24.3 Å². The predicted octanol–water partition coefficient (Wildman–Crippen LogP) is 3.81. The van der Waals surface area contributed by atoms with E-state index in [1.165, 1.54) is 19.3 Å². The van der Waals surface area contributed by atoms with Gasteiger partial charge in [-0.3, -0.25) is 4.39 Å². The number of rotatable bonds is 4. The molecule has 1 aromatic rings. The highest BCUT2D eigenvalue weighted by Crippen LogP contribution is 2.36. The van der Waals surface area contributed by atoms with Gasteiger partial charge in [0.1, 0.15) is 0 Å². The van der Waals surface area contributed by atoms with Crippen LogP contribution in [0.2, 0.25) is 0 Å². The summed E-state index contributed by atoms with van der Waals surface area (Å²) >= 11 is 0. The molecule has 0 saturated heterocycles. The standard InChI is InChI=1S/C15H21FO/c16-10-15(13-4-2-1-3-5-13)14-8-6-12(11-17)7-9-14/h6-9,13,15,17H,1-5,10-11H2. The summed E-state index contributed by atoms with van der Waals surface area (Å²) in [6.07, 6.45) is 6.12. The predicted molar refractivity (Wildman–Crippen MR) is 67.7 cm³/mol. The van der Waals surface area contributed by atoms with Gasteiger partial charge < -0.3 is 5.11 Å². The SMILES string of the molecule is OCc1ccc(C(CF)C2CCCCC2)cc1. The first kappa shape index (κ1) is 12.6. The minimum atomic E-state index is -0.261. The van der Waals surface area contributed by atoms with Crippen LogP contribution in [0.25, 0.3) is 0 Å². The van der Waals surface area contributed by atoms with Crippen molar-refractivity contribution in [2.45, 2.75) is 44.6 Å². The molecule has 0 heterocycles. The van der Waals surface area contributed by atoms with Crippen molar-refractivity contribution >= 4 is 0 Å². The van der Waals surface area contributed by atoms with E-state index in [1.807, 2.05) is 24.3 Å². The largest absolute Gasteiger partial charge is 0.392 e. The fourth-order valence-electron chi connectivity index (χ4n) is 2.89. The minimum absolute atomic E-state index is 0.0584. The van der Waals surface area contributed by atoms with Crippen molar-refractivity contribution in [2.75, 3.05) is 6.67 Å². The third-order valence-corrected chi connectivity index (χ3v) is 3.98. The summed E-state index contributed by atoms with van der Waals surface area (Å²) in [5.74, 6) is 0.566. The third kappa shape index (κ3) is 3.06. The molecule has 0 bridgehead atoms. The molecule has 0 aliphatic heterocycles. The number of hydrogen-bond donors (Lipinski definition) is 1. The van der Waals surface area contributed by atoms with Crippen LogP contribution in [0.5, 0.6) is 0 Å². The molecule has 1 N–H and O–H groups in total. The van der Waals surface area contributed by atoms with E-state index in [2.05, 4.69) is 0 Å². The van der Waals surface area contributed by atoms with Gasteiger partial charge in [0.15, 0.2) is 0 Å². The third-order valence-electron chi connectivity index (χ3n) is 3.98. The van der Waals surface area contributed by atoms with Gasteiger partial charge in [-0.05, 0) is 29.9 Å². The Morgan fingerprint density at radius 1 is 1.12 bits per heavy atom. The zero-order chi connectivity index (χ0) is 12.1. The Labute approximate surface area is 103 Å². The fraction of sp³-hybridized carbons (Fsp3) is 0.600. The summed E-state index contributed by atoms with van der Waals surface area (Å²) in [6, 6.07) is 7.76. The summed E-state index contributed by atoms with van der Waals surface area (Å²) in [5, 5.41) is 9.00. The maximum atomic E-state index is 13.3. The molecule has 0 amide bonds. The van der Waals surface area contributed by atoms with E-state index in [4.69, 9.17) is 5.11 Å². The van der Waals surface area contributed by atoms with Crippen molar-refractivity contribution in [3.8, 4) is 0 Å². The van der Waals surface area contributed by atoms with E-state index in [1.54, 1.807) is 0 Å². The van der Waals surface area contributed by atoms with E-state index in [0.29, 0.717) is 5.92 Å². The van der Waals surface area contributed by atoms with Crippen molar-refractivity contribution in [3.63, 3.8) is 0 Å². The maximum Gasteiger partial charge on any atom is 0.0965 e. The van der Waals surface area contributed by atoms with E-state index in [9.17, 15) is 4.39 Å². The number of alkyl halides is 1. The molecule has 1 aromatic carbocycles. The van der Waals surface area contributed by atoms with Gasteiger partial charge in [0.05, 0.1) is 13.3 Å². The normalized spacial score (nSPS) is 19.2. The molecule has 1 nitrogen and oxygen atoms in total. The fourth-order valence-corrected chi connectivity index (χ4v) is 2.89. The van der Waals surface area contributed by atoms with Crippen molar-refractivity contribution in [3.05, 3.63) is 35.4 Å². The molecular weight excluding hydrogens is 215 g/mol. The van der Waals surface area contributed by atoms with Crippen LogP contribution in [0.4, 0.5) is 4.39 Å². The van der Waals surface area contributed by atoms with Gasteiger partial charge in [0.2, 0.25) is 0 Å². The van der Waals surface area contributed by atoms with Gasteiger partial charge in [-0.1, -0.05) is 43.5 Å². The molecule has 1 atom stereocenters. The summed E-state index contributed by atoms with van der Waals surface area (Å²) in [5.41, 5.74) is 1.99. The average molecular weight is 236 g/mol. The van der Waals surface area contributed by atoms with E-state index in [-0.39, 0.29) is 19.2 Å². The van der Waals surface area contributed by atoms with Gasteiger partial charge in [-0.25, -0.2) is 0 Å². The average Bonchev–Trinajstić information content (AvgIpc) is 2.42. The highest BCUT2D eigenvalue weighted by Gasteiger charge is 2.24. The monoisotopic (exact) mass is 236 g/mol. The second-order valence-electron chi connectivity index (χ2n) is 5.06. The summed E-state index contributed by atoms with van der Waals surface area (Å²) < 4.78 is 13.3. The van der Waals surface area contributed by atoms with Gasteiger partial charge in [-0.15, -0.1) is 0 Å². The highest BCUT2D eigenvalue weighted by atomic mass is 19.1. The molecule has 17 heavy (non-hydrogen) atoms. The number of aliphatic hydroxyl groups is 1. The molecule has 94 valence electrons.